The molecule has 1 heterocycles. The molecule has 2 aliphatic rings. The maximum absolute atomic E-state index is 13.4. The molecule has 3 aromatic carbocycles. The minimum absolute atomic E-state index is 0.0668. The summed E-state index contributed by atoms with van der Waals surface area (Å²) in [5.41, 5.74) is 6.28. The zero-order chi connectivity index (χ0) is 25.8. The van der Waals surface area contributed by atoms with Gasteiger partial charge in [-0.2, -0.15) is 0 Å². The summed E-state index contributed by atoms with van der Waals surface area (Å²) in [7, 11) is 5.00. The second-order valence-corrected chi connectivity index (χ2v) is 9.91. The predicted octanol–water partition coefficient (Wildman–Crippen LogP) is 5.05. The fourth-order valence-corrected chi connectivity index (χ4v) is 5.85. The zero-order valence-electron chi connectivity index (χ0n) is 22.0. The van der Waals surface area contributed by atoms with Gasteiger partial charge in [0.1, 0.15) is 5.75 Å². The lowest BCUT2D eigenvalue weighted by atomic mass is 9.87. The third-order valence-corrected chi connectivity index (χ3v) is 7.75. The van der Waals surface area contributed by atoms with E-state index in [0.29, 0.717) is 18.0 Å². The topological polar surface area (TPSA) is 60.0 Å². The predicted molar refractivity (Wildman–Crippen MR) is 145 cm³/mol. The zero-order valence-corrected chi connectivity index (χ0v) is 22.0. The van der Waals surface area contributed by atoms with Crippen molar-refractivity contribution in [1.29, 1.82) is 0 Å². The summed E-state index contributed by atoms with van der Waals surface area (Å²) in [5.74, 6) is 2.37. The Hall–Kier alpha value is -3.51. The number of nitrogens with one attached hydrogen (secondary N) is 1. The highest BCUT2D eigenvalue weighted by atomic mass is 16.5. The Kier molecular flexibility index (Phi) is 7.65. The summed E-state index contributed by atoms with van der Waals surface area (Å²) in [6.45, 7) is 1.18. The molecule has 5 rings (SSSR count). The van der Waals surface area contributed by atoms with E-state index >= 15 is 0 Å². The van der Waals surface area contributed by atoms with E-state index in [1.165, 1.54) is 22.3 Å². The molecular formula is C31H36N2O4. The first-order valence-corrected chi connectivity index (χ1v) is 13.1. The average Bonchev–Trinajstić information content (AvgIpc) is 2.94. The van der Waals surface area contributed by atoms with Crippen LogP contribution in [0.3, 0.4) is 0 Å². The Balaban J connectivity index is 1.38. The first-order chi connectivity index (χ1) is 18.1. The number of hydrogen-bond acceptors (Lipinski definition) is 5. The molecule has 37 heavy (non-hydrogen) atoms. The van der Waals surface area contributed by atoms with Gasteiger partial charge in [0.2, 0.25) is 5.91 Å². The summed E-state index contributed by atoms with van der Waals surface area (Å²) in [4.78, 5) is 15.7. The molecule has 194 valence electrons. The van der Waals surface area contributed by atoms with Gasteiger partial charge in [0, 0.05) is 12.6 Å². The van der Waals surface area contributed by atoms with Gasteiger partial charge in [0.15, 0.2) is 11.5 Å². The van der Waals surface area contributed by atoms with Crippen LogP contribution in [0.15, 0.2) is 60.7 Å². The van der Waals surface area contributed by atoms with Gasteiger partial charge in [0.05, 0.1) is 33.9 Å². The molecule has 0 aromatic heterocycles. The summed E-state index contributed by atoms with van der Waals surface area (Å²) in [6, 6.07) is 21.0. The van der Waals surface area contributed by atoms with Crippen LogP contribution in [0, 0.1) is 0 Å². The van der Waals surface area contributed by atoms with Crippen LogP contribution in [-0.4, -0.2) is 45.2 Å². The van der Waals surface area contributed by atoms with Crippen LogP contribution in [0.5, 0.6) is 17.2 Å². The number of nitrogens with zero attached hydrogens (tertiary/aromatic N) is 1. The highest BCUT2D eigenvalue weighted by Crippen LogP contribution is 2.37. The van der Waals surface area contributed by atoms with Crippen LogP contribution in [0.2, 0.25) is 0 Å². The molecule has 6 nitrogen and oxygen atoms in total. The number of amides is 1. The van der Waals surface area contributed by atoms with Crippen molar-refractivity contribution in [2.75, 3.05) is 34.4 Å². The molecule has 0 radical (unpaired) electrons. The van der Waals surface area contributed by atoms with E-state index < -0.39 is 0 Å². The number of ether oxygens (including phenoxy) is 3. The van der Waals surface area contributed by atoms with Crippen LogP contribution in [0.4, 0.5) is 0 Å². The minimum Gasteiger partial charge on any atom is -0.497 e. The Bertz CT molecular complexity index is 1260. The summed E-state index contributed by atoms with van der Waals surface area (Å²) in [5, 5.41) is 3.35. The maximum Gasteiger partial charge on any atom is 0.234 e. The van der Waals surface area contributed by atoms with E-state index in [1.807, 2.05) is 18.2 Å². The van der Waals surface area contributed by atoms with Gasteiger partial charge in [-0.25, -0.2) is 0 Å². The minimum atomic E-state index is 0.0668. The molecule has 0 bridgehead atoms. The molecule has 1 N–H and O–H groups in total. The van der Waals surface area contributed by atoms with Gasteiger partial charge in [-0.1, -0.05) is 36.4 Å². The van der Waals surface area contributed by atoms with Crippen molar-refractivity contribution >= 4 is 5.91 Å². The van der Waals surface area contributed by atoms with E-state index in [2.05, 4.69) is 52.7 Å². The third-order valence-electron chi connectivity index (χ3n) is 7.75. The van der Waals surface area contributed by atoms with E-state index in [1.54, 1.807) is 21.3 Å². The van der Waals surface area contributed by atoms with E-state index in [4.69, 9.17) is 14.2 Å². The van der Waals surface area contributed by atoms with Gasteiger partial charge in [-0.05, 0) is 84.2 Å². The van der Waals surface area contributed by atoms with Crippen LogP contribution in [-0.2, 0) is 24.1 Å². The fourth-order valence-electron chi connectivity index (χ4n) is 5.85. The number of carbonyl (C=O) groups excluding carboxylic acids is 1. The van der Waals surface area contributed by atoms with Crippen LogP contribution in [0.25, 0.3) is 0 Å². The van der Waals surface area contributed by atoms with E-state index in [9.17, 15) is 4.79 Å². The SMILES string of the molecule is COc1ccc2c(c1)CCN(CC(=O)NC1CCCc3ccccc31)C2Cc1ccc(OC)c(OC)c1. The van der Waals surface area contributed by atoms with Gasteiger partial charge >= 0.3 is 0 Å². The smallest absolute Gasteiger partial charge is 0.234 e. The Labute approximate surface area is 219 Å². The molecular weight excluding hydrogens is 464 g/mol. The van der Waals surface area contributed by atoms with Gasteiger partial charge in [0.25, 0.3) is 0 Å². The molecule has 3 aromatic rings. The molecule has 0 saturated heterocycles. The number of carbonyl (C=O) groups is 1. The molecule has 0 fully saturated rings. The van der Waals surface area contributed by atoms with Crippen molar-refractivity contribution in [3.05, 3.63) is 88.5 Å². The van der Waals surface area contributed by atoms with Crippen LogP contribution < -0.4 is 19.5 Å². The van der Waals surface area contributed by atoms with Crippen LogP contribution in [0.1, 0.15) is 52.7 Å². The molecule has 2 unspecified atom stereocenters. The van der Waals surface area contributed by atoms with Crippen molar-refractivity contribution in [3.8, 4) is 17.2 Å². The standard InChI is InChI=1S/C31H36N2O4/c1-35-24-12-13-26-23(19-24)15-16-33(28(26)17-21-11-14-29(36-2)30(18-21)37-3)20-31(34)32-27-10-6-8-22-7-4-5-9-25(22)27/h4-5,7,9,11-14,18-19,27-28H,6,8,10,15-17,20H2,1-3H3,(H,32,34). The first-order valence-electron chi connectivity index (χ1n) is 13.1. The lowest BCUT2D eigenvalue weighted by Gasteiger charge is -2.38. The molecule has 0 saturated carbocycles. The number of benzene rings is 3. The largest absolute Gasteiger partial charge is 0.497 e. The molecule has 1 aliphatic carbocycles. The second-order valence-electron chi connectivity index (χ2n) is 9.91. The maximum atomic E-state index is 13.4. The van der Waals surface area contributed by atoms with E-state index in [0.717, 1.165) is 50.0 Å². The molecule has 0 spiro atoms. The molecule has 2 atom stereocenters. The van der Waals surface area contributed by atoms with Gasteiger partial charge in [-0.15, -0.1) is 0 Å². The molecule has 1 amide bonds. The highest BCUT2D eigenvalue weighted by molar-refractivity contribution is 5.78. The molecule has 6 heteroatoms. The second kappa shape index (κ2) is 11.3. The third kappa shape index (κ3) is 5.44. The van der Waals surface area contributed by atoms with Gasteiger partial charge in [-0.3, -0.25) is 9.69 Å². The van der Waals surface area contributed by atoms with E-state index in [-0.39, 0.29) is 18.0 Å². The number of methoxy groups -OCH3 is 3. The summed E-state index contributed by atoms with van der Waals surface area (Å²) >= 11 is 0. The Morgan fingerprint density at radius 1 is 0.892 bits per heavy atom. The lowest BCUT2D eigenvalue weighted by molar-refractivity contribution is -0.123. The highest BCUT2D eigenvalue weighted by Gasteiger charge is 2.30. The number of hydrogen-bond donors (Lipinski definition) is 1. The first kappa shape index (κ1) is 25.2. The Morgan fingerprint density at radius 2 is 1.73 bits per heavy atom. The quantitative estimate of drug-likeness (QED) is 0.469. The summed E-state index contributed by atoms with van der Waals surface area (Å²) in [6.07, 6.45) is 4.82. The molecule has 1 aliphatic heterocycles. The summed E-state index contributed by atoms with van der Waals surface area (Å²) < 4.78 is 16.5. The van der Waals surface area contributed by atoms with Crippen molar-refractivity contribution in [1.82, 2.24) is 10.2 Å². The van der Waals surface area contributed by atoms with Gasteiger partial charge < -0.3 is 19.5 Å². The lowest BCUT2D eigenvalue weighted by Crippen LogP contribution is -2.44. The van der Waals surface area contributed by atoms with Crippen molar-refractivity contribution < 1.29 is 19.0 Å². The Morgan fingerprint density at radius 3 is 2.54 bits per heavy atom. The number of fused-ring (bicyclic) bond motifs is 2. The number of aryl methyl sites for hydroxylation is 1. The monoisotopic (exact) mass is 500 g/mol. The van der Waals surface area contributed by atoms with Crippen molar-refractivity contribution in [2.24, 2.45) is 0 Å². The van der Waals surface area contributed by atoms with Crippen molar-refractivity contribution in [3.63, 3.8) is 0 Å². The fraction of sp³-hybridized carbons (Fsp3) is 0.387. The number of rotatable bonds is 8. The van der Waals surface area contributed by atoms with Crippen LogP contribution >= 0.6 is 0 Å². The average molecular weight is 501 g/mol. The normalized spacial score (nSPS) is 18.9. The van der Waals surface area contributed by atoms with Crippen molar-refractivity contribution in [2.45, 2.75) is 44.2 Å².